The highest BCUT2D eigenvalue weighted by Gasteiger charge is 2.24. The monoisotopic (exact) mass is 402 g/mol. The molecule has 1 aromatic carbocycles. The molecule has 0 saturated carbocycles. The normalized spacial score (nSPS) is 11.6. The third-order valence-electron chi connectivity index (χ3n) is 4.49. The molecular formula is C20H22N2O5S. The molecule has 0 aliphatic carbocycles. The van der Waals surface area contributed by atoms with Crippen LogP contribution in [0, 0.1) is 5.41 Å². The first-order chi connectivity index (χ1) is 13.2. The van der Waals surface area contributed by atoms with E-state index >= 15 is 0 Å². The van der Waals surface area contributed by atoms with E-state index in [1.807, 2.05) is 0 Å². The third kappa shape index (κ3) is 3.47. The third-order valence-corrected chi connectivity index (χ3v) is 5.38. The smallest absolute Gasteiger partial charge is 0.336 e. The minimum atomic E-state index is -0.609. The van der Waals surface area contributed by atoms with E-state index < -0.39 is 16.7 Å². The number of Topliss-reactive ketones (excluding diaryl/α,β-unsaturated/α-hetero) is 1. The van der Waals surface area contributed by atoms with E-state index in [0.29, 0.717) is 27.4 Å². The van der Waals surface area contributed by atoms with Crippen molar-refractivity contribution in [3.8, 4) is 17.2 Å². The molecule has 0 atom stereocenters. The first kappa shape index (κ1) is 19.9. The Bertz CT molecular complexity index is 1140. The van der Waals surface area contributed by atoms with Gasteiger partial charge in [0, 0.05) is 23.6 Å². The predicted molar refractivity (Wildman–Crippen MR) is 109 cm³/mol. The van der Waals surface area contributed by atoms with Gasteiger partial charge in [-0.15, -0.1) is 11.3 Å². The van der Waals surface area contributed by atoms with E-state index in [2.05, 4.69) is 0 Å². The maximum Gasteiger partial charge on any atom is 0.336 e. The second-order valence-electron chi connectivity index (χ2n) is 7.39. The topological polar surface area (TPSA) is 79.5 Å². The van der Waals surface area contributed by atoms with Crippen molar-refractivity contribution in [1.29, 1.82) is 0 Å². The lowest BCUT2D eigenvalue weighted by Crippen LogP contribution is -2.41. The lowest BCUT2D eigenvalue weighted by atomic mass is 9.91. The van der Waals surface area contributed by atoms with Gasteiger partial charge in [-0.2, -0.15) is 0 Å². The highest BCUT2D eigenvalue weighted by molar-refractivity contribution is 7.17. The summed E-state index contributed by atoms with van der Waals surface area (Å²) in [6, 6.07) is 6.51. The number of rotatable bonds is 5. The molecule has 0 unspecified atom stereocenters. The highest BCUT2D eigenvalue weighted by Crippen LogP contribution is 2.25. The fourth-order valence-electron chi connectivity index (χ4n) is 2.77. The summed E-state index contributed by atoms with van der Waals surface area (Å²) in [7, 11) is 2.98. The Labute approximate surface area is 165 Å². The van der Waals surface area contributed by atoms with Gasteiger partial charge in [0.25, 0.3) is 5.56 Å². The number of aromatic nitrogens is 2. The number of benzene rings is 1. The molecule has 0 aliphatic heterocycles. The minimum Gasteiger partial charge on any atom is -0.497 e. The molecule has 8 heteroatoms. The lowest BCUT2D eigenvalue weighted by Gasteiger charge is -2.19. The molecule has 7 nitrogen and oxygen atoms in total. The number of carbonyl (C=O) groups excluding carboxylic acids is 1. The number of fused-ring (bicyclic) bond motifs is 1. The molecule has 0 aliphatic rings. The summed E-state index contributed by atoms with van der Waals surface area (Å²) in [4.78, 5) is 38.9. The molecule has 0 fully saturated rings. The van der Waals surface area contributed by atoms with Crippen molar-refractivity contribution in [2.75, 3.05) is 14.2 Å². The number of hydrogen-bond acceptors (Lipinski definition) is 6. The van der Waals surface area contributed by atoms with Crippen LogP contribution in [-0.2, 0) is 11.3 Å². The summed E-state index contributed by atoms with van der Waals surface area (Å²) in [5, 5.41) is 1.74. The van der Waals surface area contributed by atoms with Crippen LogP contribution in [-0.4, -0.2) is 29.1 Å². The summed E-state index contributed by atoms with van der Waals surface area (Å²) in [6.45, 7) is 5.29. The first-order valence-electron chi connectivity index (χ1n) is 8.67. The van der Waals surface area contributed by atoms with E-state index in [9.17, 15) is 14.4 Å². The Balaban J connectivity index is 2.32. The van der Waals surface area contributed by atoms with E-state index in [0.717, 1.165) is 4.57 Å². The van der Waals surface area contributed by atoms with Gasteiger partial charge in [0.1, 0.15) is 16.2 Å². The Morgan fingerprint density at radius 2 is 1.68 bits per heavy atom. The molecule has 148 valence electrons. The van der Waals surface area contributed by atoms with Crippen molar-refractivity contribution < 1.29 is 14.3 Å². The van der Waals surface area contributed by atoms with Gasteiger partial charge in [0.15, 0.2) is 5.78 Å². The molecule has 3 aromatic rings. The van der Waals surface area contributed by atoms with Gasteiger partial charge in [-0.05, 0) is 11.4 Å². The molecule has 0 spiro atoms. The lowest BCUT2D eigenvalue weighted by molar-refractivity contribution is -0.126. The first-order valence-corrected chi connectivity index (χ1v) is 9.55. The molecule has 28 heavy (non-hydrogen) atoms. The largest absolute Gasteiger partial charge is 0.497 e. The van der Waals surface area contributed by atoms with Gasteiger partial charge in [0.05, 0.1) is 32.0 Å². The van der Waals surface area contributed by atoms with Gasteiger partial charge in [-0.25, -0.2) is 9.36 Å². The van der Waals surface area contributed by atoms with E-state index in [1.54, 1.807) is 50.4 Å². The molecule has 0 bridgehead atoms. The molecule has 2 aromatic heterocycles. The summed E-state index contributed by atoms with van der Waals surface area (Å²) in [5.74, 6) is 0.795. The standard InChI is InChI=1S/C20H22N2O5S/c1-20(2,3)16(23)11-21-15-6-7-28-17(15)18(24)22(19(21)25)12-8-13(26-4)10-14(9-12)27-5/h6-10H,11H2,1-5H3. The zero-order valence-electron chi connectivity index (χ0n) is 16.4. The highest BCUT2D eigenvalue weighted by atomic mass is 32.1. The summed E-state index contributed by atoms with van der Waals surface area (Å²) in [6.07, 6.45) is 0. The maximum atomic E-state index is 13.3. The number of ketones is 1. The van der Waals surface area contributed by atoms with Gasteiger partial charge in [-0.1, -0.05) is 20.8 Å². The molecule has 0 saturated heterocycles. The second-order valence-corrected chi connectivity index (χ2v) is 8.30. The summed E-state index contributed by atoms with van der Waals surface area (Å²) >= 11 is 1.23. The Hall–Kier alpha value is -2.87. The van der Waals surface area contributed by atoms with Crippen LogP contribution in [0.2, 0.25) is 0 Å². The van der Waals surface area contributed by atoms with Crippen molar-refractivity contribution >= 4 is 27.3 Å². The Morgan fingerprint density at radius 1 is 1.07 bits per heavy atom. The van der Waals surface area contributed by atoms with Crippen molar-refractivity contribution in [2.24, 2.45) is 5.41 Å². The van der Waals surface area contributed by atoms with Crippen LogP contribution in [0.4, 0.5) is 0 Å². The minimum absolute atomic E-state index is 0.101. The number of nitrogens with zero attached hydrogens (tertiary/aromatic N) is 2. The van der Waals surface area contributed by atoms with Crippen LogP contribution in [0.5, 0.6) is 11.5 Å². The van der Waals surface area contributed by atoms with Crippen LogP contribution in [0.1, 0.15) is 20.8 Å². The maximum absolute atomic E-state index is 13.3. The van der Waals surface area contributed by atoms with Gasteiger partial charge in [0.2, 0.25) is 0 Å². The zero-order valence-corrected chi connectivity index (χ0v) is 17.3. The number of methoxy groups -OCH3 is 2. The summed E-state index contributed by atoms with van der Waals surface area (Å²) < 4.78 is 13.3. The number of thiophene rings is 1. The predicted octanol–water partition coefficient (Wildman–Crippen LogP) is 2.85. The SMILES string of the molecule is COc1cc(OC)cc(-n2c(=O)c3sccc3n(CC(=O)C(C)(C)C)c2=O)c1. The molecule has 0 radical (unpaired) electrons. The number of hydrogen-bond donors (Lipinski definition) is 0. The second kappa shape index (κ2) is 7.27. The zero-order chi connectivity index (χ0) is 20.6. The molecule has 3 rings (SSSR count). The average molecular weight is 402 g/mol. The number of ether oxygens (including phenoxy) is 2. The van der Waals surface area contributed by atoms with Crippen LogP contribution in [0.25, 0.3) is 15.9 Å². The van der Waals surface area contributed by atoms with Gasteiger partial charge < -0.3 is 9.47 Å². The van der Waals surface area contributed by atoms with Gasteiger partial charge in [-0.3, -0.25) is 14.2 Å². The van der Waals surface area contributed by atoms with Crippen LogP contribution in [0.3, 0.4) is 0 Å². The van der Waals surface area contributed by atoms with E-state index in [1.165, 1.54) is 30.1 Å². The van der Waals surface area contributed by atoms with Crippen LogP contribution < -0.4 is 20.7 Å². The quantitative estimate of drug-likeness (QED) is 0.656. The Kier molecular flexibility index (Phi) is 5.16. The number of carbonyl (C=O) groups is 1. The van der Waals surface area contributed by atoms with Crippen LogP contribution in [0.15, 0.2) is 39.2 Å². The molecule has 0 amide bonds. The fraction of sp³-hybridized carbons (Fsp3) is 0.350. The molecule has 2 heterocycles. The van der Waals surface area contributed by atoms with Crippen molar-refractivity contribution in [1.82, 2.24) is 9.13 Å². The van der Waals surface area contributed by atoms with E-state index in [-0.39, 0.29) is 12.3 Å². The van der Waals surface area contributed by atoms with E-state index in [4.69, 9.17) is 9.47 Å². The Morgan fingerprint density at radius 3 is 2.21 bits per heavy atom. The summed E-state index contributed by atoms with van der Waals surface area (Å²) in [5.41, 5.74) is -0.849. The van der Waals surface area contributed by atoms with Gasteiger partial charge >= 0.3 is 5.69 Å². The molecular weight excluding hydrogens is 380 g/mol. The molecule has 0 N–H and O–H groups in total. The van der Waals surface area contributed by atoms with Crippen molar-refractivity contribution in [3.63, 3.8) is 0 Å². The fourth-order valence-corrected chi connectivity index (χ4v) is 3.59. The van der Waals surface area contributed by atoms with Crippen molar-refractivity contribution in [2.45, 2.75) is 27.3 Å². The average Bonchev–Trinajstić information content (AvgIpc) is 3.14. The van der Waals surface area contributed by atoms with Crippen LogP contribution >= 0.6 is 11.3 Å². The van der Waals surface area contributed by atoms with Crippen molar-refractivity contribution in [3.05, 3.63) is 50.5 Å².